The van der Waals surface area contributed by atoms with Crippen LogP contribution in [0.5, 0.6) is 0 Å². The highest BCUT2D eigenvalue weighted by atomic mass is 32.1. The Morgan fingerprint density at radius 3 is 2.73 bits per heavy atom. The van der Waals surface area contributed by atoms with Gasteiger partial charge in [-0.1, -0.05) is 20.4 Å². The van der Waals surface area contributed by atoms with Gasteiger partial charge in [0.15, 0.2) is 5.13 Å². The first-order chi connectivity index (χ1) is 5.11. The van der Waals surface area contributed by atoms with E-state index < -0.39 is 0 Å². The summed E-state index contributed by atoms with van der Waals surface area (Å²) >= 11 is 1.46. The number of hydrogen-bond donors (Lipinski definition) is 1. The summed E-state index contributed by atoms with van der Waals surface area (Å²) in [5, 5.41) is 2.55. The Hall–Kier alpha value is -0.830. The van der Waals surface area contributed by atoms with Crippen molar-refractivity contribution in [3.8, 4) is 0 Å². The maximum Gasteiger partial charge on any atom is 0.180 e. The summed E-state index contributed by atoms with van der Waals surface area (Å²) in [7, 11) is 0. The van der Waals surface area contributed by atoms with Crippen molar-refractivity contribution in [1.29, 1.82) is 0 Å². The summed E-state index contributed by atoms with van der Waals surface area (Å²) in [5.74, 6) is 0.441. The molecule has 3 heteroatoms. The molecule has 0 aliphatic heterocycles. The Kier molecular flexibility index (Phi) is 2.29. The molecule has 1 aromatic heterocycles. The maximum absolute atomic E-state index is 5.48. The number of nitrogens with two attached hydrogens (primary N) is 1. The number of nitrogens with zero attached hydrogens (tertiary/aromatic N) is 1. The van der Waals surface area contributed by atoms with Crippen molar-refractivity contribution >= 4 is 22.0 Å². The summed E-state index contributed by atoms with van der Waals surface area (Å²) in [5.41, 5.74) is 7.47. The van der Waals surface area contributed by atoms with E-state index in [1.165, 1.54) is 11.3 Å². The van der Waals surface area contributed by atoms with Gasteiger partial charge >= 0.3 is 0 Å². The summed E-state index contributed by atoms with van der Waals surface area (Å²) < 4.78 is 0. The lowest BCUT2D eigenvalue weighted by Crippen LogP contribution is -1.92. The molecule has 1 aromatic rings. The molecular formula is C8H12N2S. The fraction of sp³-hybridized carbons (Fsp3) is 0.375. The van der Waals surface area contributed by atoms with Gasteiger partial charge in [-0.3, -0.25) is 0 Å². The van der Waals surface area contributed by atoms with Crippen LogP contribution < -0.4 is 5.73 Å². The van der Waals surface area contributed by atoms with Crippen molar-refractivity contribution in [1.82, 2.24) is 4.98 Å². The summed E-state index contributed by atoms with van der Waals surface area (Å²) in [6.45, 7) is 8.12. The molecule has 1 heterocycles. The van der Waals surface area contributed by atoms with E-state index in [-0.39, 0.29) is 0 Å². The van der Waals surface area contributed by atoms with Crippen molar-refractivity contribution in [3.63, 3.8) is 0 Å². The molecule has 60 valence electrons. The predicted octanol–water partition coefficient (Wildman–Crippen LogP) is 2.39. The molecule has 0 radical (unpaired) electrons. The van der Waals surface area contributed by atoms with Gasteiger partial charge in [0.05, 0.1) is 5.69 Å². The Balaban J connectivity index is 2.85. The van der Waals surface area contributed by atoms with E-state index in [1.54, 1.807) is 0 Å². The molecule has 0 fully saturated rings. The average Bonchev–Trinajstić information content (AvgIpc) is 2.34. The first-order valence-corrected chi connectivity index (χ1v) is 4.39. The van der Waals surface area contributed by atoms with Crippen LogP contribution >= 0.6 is 11.3 Å². The molecule has 2 N–H and O–H groups in total. The largest absolute Gasteiger partial charge is 0.375 e. The number of rotatable bonds is 2. The van der Waals surface area contributed by atoms with Crippen LogP contribution in [-0.4, -0.2) is 4.98 Å². The van der Waals surface area contributed by atoms with Gasteiger partial charge in [-0.25, -0.2) is 4.98 Å². The zero-order chi connectivity index (χ0) is 8.43. The van der Waals surface area contributed by atoms with Gasteiger partial charge in [0.2, 0.25) is 0 Å². The van der Waals surface area contributed by atoms with Crippen molar-refractivity contribution in [2.24, 2.45) is 5.92 Å². The summed E-state index contributed by atoms with van der Waals surface area (Å²) in [6, 6.07) is 0. The molecule has 0 spiro atoms. The van der Waals surface area contributed by atoms with E-state index in [4.69, 9.17) is 5.73 Å². The standard InChI is InChI=1S/C8H12N2S/c1-5(2)6(3)7-4-11-8(9)10-7/h4-5H,3H2,1-2H3,(H2,9,10). The number of allylic oxidation sites excluding steroid dienone is 1. The second-order valence-electron chi connectivity index (χ2n) is 2.75. The molecule has 1 rings (SSSR count). The Labute approximate surface area is 70.8 Å². The van der Waals surface area contributed by atoms with Crippen LogP contribution in [0.25, 0.3) is 5.57 Å². The van der Waals surface area contributed by atoms with E-state index >= 15 is 0 Å². The zero-order valence-corrected chi connectivity index (χ0v) is 7.61. The first-order valence-electron chi connectivity index (χ1n) is 3.51. The van der Waals surface area contributed by atoms with Crippen molar-refractivity contribution in [3.05, 3.63) is 17.7 Å². The van der Waals surface area contributed by atoms with Crippen LogP contribution in [0.1, 0.15) is 19.5 Å². The third-order valence-electron chi connectivity index (χ3n) is 1.55. The number of aromatic nitrogens is 1. The molecule has 11 heavy (non-hydrogen) atoms. The summed E-state index contributed by atoms with van der Waals surface area (Å²) in [6.07, 6.45) is 0. The van der Waals surface area contributed by atoms with E-state index in [0.29, 0.717) is 11.0 Å². The highest BCUT2D eigenvalue weighted by molar-refractivity contribution is 7.13. The van der Waals surface area contributed by atoms with Crippen LogP contribution in [0.15, 0.2) is 12.0 Å². The molecule has 2 nitrogen and oxygen atoms in total. The van der Waals surface area contributed by atoms with Crippen LogP contribution in [0.4, 0.5) is 5.13 Å². The topological polar surface area (TPSA) is 38.9 Å². The van der Waals surface area contributed by atoms with E-state index in [2.05, 4.69) is 25.4 Å². The highest BCUT2D eigenvalue weighted by Crippen LogP contribution is 2.23. The molecule has 0 bridgehead atoms. The summed E-state index contributed by atoms with van der Waals surface area (Å²) in [4.78, 5) is 4.13. The number of thiazole rings is 1. The first kappa shape index (κ1) is 8.27. The second kappa shape index (κ2) is 3.05. The molecule has 0 saturated carbocycles. The third kappa shape index (κ3) is 1.80. The van der Waals surface area contributed by atoms with Gasteiger partial charge < -0.3 is 5.73 Å². The molecular weight excluding hydrogens is 156 g/mol. The van der Waals surface area contributed by atoms with Gasteiger partial charge in [0.25, 0.3) is 0 Å². The van der Waals surface area contributed by atoms with Crippen molar-refractivity contribution in [2.75, 3.05) is 5.73 Å². The maximum atomic E-state index is 5.48. The van der Waals surface area contributed by atoms with Gasteiger partial charge in [-0.15, -0.1) is 11.3 Å². The molecule has 0 aliphatic carbocycles. The minimum Gasteiger partial charge on any atom is -0.375 e. The molecule has 0 aliphatic rings. The lowest BCUT2D eigenvalue weighted by molar-refractivity contribution is 0.853. The average molecular weight is 168 g/mol. The minimum atomic E-state index is 0.441. The predicted molar refractivity (Wildman–Crippen MR) is 50.4 cm³/mol. The smallest absolute Gasteiger partial charge is 0.180 e. The second-order valence-corrected chi connectivity index (χ2v) is 3.64. The van der Waals surface area contributed by atoms with E-state index in [9.17, 15) is 0 Å². The fourth-order valence-corrected chi connectivity index (χ4v) is 1.32. The van der Waals surface area contributed by atoms with Crippen LogP contribution in [-0.2, 0) is 0 Å². The van der Waals surface area contributed by atoms with Gasteiger partial charge in [-0.2, -0.15) is 0 Å². The molecule has 0 amide bonds. The monoisotopic (exact) mass is 168 g/mol. The van der Waals surface area contributed by atoms with Gasteiger partial charge in [-0.05, 0) is 11.5 Å². The zero-order valence-electron chi connectivity index (χ0n) is 6.79. The highest BCUT2D eigenvalue weighted by Gasteiger charge is 2.06. The van der Waals surface area contributed by atoms with Gasteiger partial charge in [0.1, 0.15) is 0 Å². The lowest BCUT2D eigenvalue weighted by Gasteiger charge is -2.04. The van der Waals surface area contributed by atoms with Crippen LogP contribution in [0.3, 0.4) is 0 Å². The Bertz CT molecular complexity index is 263. The van der Waals surface area contributed by atoms with Gasteiger partial charge in [0, 0.05) is 5.38 Å². The minimum absolute atomic E-state index is 0.441. The van der Waals surface area contributed by atoms with E-state index in [0.717, 1.165) is 11.3 Å². The lowest BCUT2D eigenvalue weighted by atomic mass is 10.0. The Morgan fingerprint density at radius 1 is 1.73 bits per heavy atom. The van der Waals surface area contributed by atoms with Crippen LogP contribution in [0.2, 0.25) is 0 Å². The van der Waals surface area contributed by atoms with E-state index in [1.807, 2.05) is 5.38 Å². The molecule has 0 aromatic carbocycles. The quantitative estimate of drug-likeness (QED) is 0.736. The normalized spacial score (nSPS) is 10.5. The number of anilines is 1. The molecule has 0 saturated heterocycles. The molecule has 0 atom stereocenters. The van der Waals surface area contributed by atoms with Crippen LogP contribution in [0, 0.1) is 5.92 Å². The molecule has 0 unspecified atom stereocenters. The fourth-order valence-electron chi connectivity index (χ4n) is 0.731. The Morgan fingerprint density at radius 2 is 2.36 bits per heavy atom. The SMILES string of the molecule is C=C(c1csc(N)n1)C(C)C. The number of nitrogen functional groups attached to an aromatic ring is 1. The third-order valence-corrected chi connectivity index (χ3v) is 2.22. The van der Waals surface area contributed by atoms with Crippen molar-refractivity contribution in [2.45, 2.75) is 13.8 Å². The van der Waals surface area contributed by atoms with Crippen molar-refractivity contribution < 1.29 is 0 Å². The number of hydrogen-bond acceptors (Lipinski definition) is 3.